The van der Waals surface area contributed by atoms with Gasteiger partial charge in [-0.15, -0.1) is 11.3 Å². The molecule has 0 fully saturated rings. The monoisotopic (exact) mass is 485 g/mol. The van der Waals surface area contributed by atoms with Crippen LogP contribution in [-0.4, -0.2) is 38.3 Å². The van der Waals surface area contributed by atoms with Crippen LogP contribution in [0.15, 0.2) is 36.4 Å². The molecule has 1 N–H and O–H groups in total. The van der Waals surface area contributed by atoms with E-state index < -0.39 is 5.97 Å². The summed E-state index contributed by atoms with van der Waals surface area (Å²) in [6, 6.07) is 10.8. The van der Waals surface area contributed by atoms with E-state index in [4.69, 9.17) is 18.9 Å². The molecule has 182 valence electrons. The third-order valence-corrected chi connectivity index (χ3v) is 6.02. The first kappa shape index (κ1) is 25.4. The number of carbonyl (C=O) groups is 2. The Hall–Kier alpha value is -3.26. The average Bonchev–Trinajstić information content (AvgIpc) is 3.19. The van der Waals surface area contributed by atoms with Gasteiger partial charge in [0.1, 0.15) is 10.6 Å². The van der Waals surface area contributed by atoms with Crippen molar-refractivity contribution in [3.63, 3.8) is 0 Å². The Morgan fingerprint density at radius 2 is 1.56 bits per heavy atom. The van der Waals surface area contributed by atoms with Crippen molar-refractivity contribution in [3.8, 4) is 17.2 Å². The van der Waals surface area contributed by atoms with E-state index in [1.165, 1.54) is 11.3 Å². The standard InChI is InChI=1S/C26H31NO6S/c1-5-9-14-33-26(29)22-18-12-10-11-13-21(18)34-25(22)27-24(28)17-15-19(30-6-2)23(32-8-4)20(16-17)31-7-3/h10-13,15-16H,5-9,14H2,1-4H3,(H,27,28). The first-order valence-electron chi connectivity index (χ1n) is 11.6. The smallest absolute Gasteiger partial charge is 0.341 e. The third kappa shape index (κ3) is 5.80. The molecule has 0 unspecified atom stereocenters. The molecule has 1 aromatic heterocycles. The van der Waals surface area contributed by atoms with Crippen molar-refractivity contribution in [2.75, 3.05) is 31.7 Å². The SMILES string of the molecule is CCCCOC(=O)c1c(NC(=O)c2cc(OCC)c(OCC)c(OCC)c2)sc2ccccc12. The predicted molar refractivity (Wildman–Crippen MR) is 135 cm³/mol. The van der Waals surface area contributed by atoms with Gasteiger partial charge in [-0.3, -0.25) is 4.79 Å². The van der Waals surface area contributed by atoms with E-state index in [2.05, 4.69) is 5.32 Å². The second kappa shape index (κ2) is 12.3. The zero-order valence-corrected chi connectivity index (χ0v) is 20.9. The van der Waals surface area contributed by atoms with Crippen molar-refractivity contribution in [3.05, 3.63) is 47.5 Å². The Labute approximate surface area is 204 Å². The van der Waals surface area contributed by atoms with E-state index in [0.29, 0.717) is 59.8 Å². The maximum Gasteiger partial charge on any atom is 0.341 e. The Kier molecular flexibility index (Phi) is 9.16. The highest BCUT2D eigenvalue weighted by molar-refractivity contribution is 7.23. The first-order chi connectivity index (χ1) is 16.5. The van der Waals surface area contributed by atoms with Gasteiger partial charge >= 0.3 is 5.97 Å². The van der Waals surface area contributed by atoms with Gasteiger partial charge in [0.2, 0.25) is 5.75 Å². The van der Waals surface area contributed by atoms with Crippen molar-refractivity contribution in [1.29, 1.82) is 0 Å². The Balaban J connectivity index is 1.98. The van der Waals surface area contributed by atoms with Crippen LogP contribution < -0.4 is 19.5 Å². The summed E-state index contributed by atoms with van der Waals surface area (Å²) in [5.74, 6) is 0.480. The molecule has 1 heterocycles. The Bertz CT molecular complexity index is 1110. The summed E-state index contributed by atoms with van der Waals surface area (Å²) >= 11 is 1.33. The van der Waals surface area contributed by atoms with Crippen LogP contribution in [0.4, 0.5) is 5.00 Å². The molecular weight excluding hydrogens is 454 g/mol. The van der Waals surface area contributed by atoms with Crippen LogP contribution in [0.3, 0.4) is 0 Å². The summed E-state index contributed by atoms with van der Waals surface area (Å²) in [6.07, 6.45) is 1.70. The van der Waals surface area contributed by atoms with E-state index in [9.17, 15) is 9.59 Å². The zero-order chi connectivity index (χ0) is 24.5. The quantitative estimate of drug-likeness (QED) is 0.239. The van der Waals surface area contributed by atoms with Gasteiger partial charge in [-0.25, -0.2) is 4.79 Å². The largest absolute Gasteiger partial charge is 0.490 e. The maximum absolute atomic E-state index is 13.3. The van der Waals surface area contributed by atoms with E-state index in [0.717, 1.165) is 22.9 Å². The van der Waals surface area contributed by atoms with Gasteiger partial charge in [0.05, 0.1) is 26.4 Å². The van der Waals surface area contributed by atoms with Gasteiger partial charge < -0.3 is 24.3 Å². The predicted octanol–water partition coefficient (Wildman–Crippen LogP) is 6.31. The van der Waals surface area contributed by atoms with Crippen molar-refractivity contribution in [1.82, 2.24) is 0 Å². The van der Waals surface area contributed by atoms with Crippen molar-refractivity contribution >= 4 is 38.3 Å². The lowest BCUT2D eigenvalue weighted by Crippen LogP contribution is -2.15. The molecule has 2 aromatic carbocycles. The fraction of sp³-hybridized carbons (Fsp3) is 0.385. The highest BCUT2D eigenvalue weighted by Crippen LogP contribution is 2.40. The van der Waals surface area contributed by atoms with E-state index in [1.807, 2.05) is 52.0 Å². The maximum atomic E-state index is 13.3. The number of benzene rings is 2. The highest BCUT2D eigenvalue weighted by atomic mass is 32.1. The number of hydrogen-bond donors (Lipinski definition) is 1. The number of amides is 1. The molecule has 0 aliphatic heterocycles. The molecule has 7 nitrogen and oxygen atoms in total. The molecule has 0 spiro atoms. The molecule has 0 aliphatic rings. The molecule has 0 radical (unpaired) electrons. The molecule has 1 amide bonds. The first-order valence-corrected chi connectivity index (χ1v) is 12.4. The minimum Gasteiger partial charge on any atom is -0.490 e. The molecular formula is C26H31NO6S. The molecule has 0 saturated carbocycles. The van der Waals surface area contributed by atoms with Crippen LogP contribution in [0, 0.1) is 0 Å². The number of rotatable bonds is 12. The van der Waals surface area contributed by atoms with Crippen LogP contribution in [-0.2, 0) is 4.74 Å². The summed E-state index contributed by atoms with van der Waals surface area (Å²) in [5.41, 5.74) is 0.698. The van der Waals surface area contributed by atoms with Crippen molar-refractivity contribution < 1.29 is 28.5 Å². The lowest BCUT2D eigenvalue weighted by molar-refractivity contribution is 0.0503. The molecule has 0 bridgehead atoms. The van der Waals surface area contributed by atoms with Crippen LogP contribution in [0.25, 0.3) is 10.1 Å². The molecule has 34 heavy (non-hydrogen) atoms. The minimum absolute atomic E-state index is 0.332. The molecule has 0 aliphatic carbocycles. The summed E-state index contributed by atoms with van der Waals surface area (Å²) in [5, 5.41) is 4.10. The van der Waals surface area contributed by atoms with Crippen molar-refractivity contribution in [2.45, 2.75) is 40.5 Å². The second-order valence-electron chi connectivity index (χ2n) is 7.35. The number of ether oxygens (including phenoxy) is 4. The topological polar surface area (TPSA) is 83.1 Å². The number of thiophene rings is 1. The zero-order valence-electron chi connectivity index (χ0n) is 20.1. The van der Waals surface area contributed by atoms with Crippen molar-refractivity contribution in [2.24, 2.45) is 0 Å². The minimum atomic E-state index is -0.446. The second-order valence-corrected chi connectivity index (χ2v) is 8.40. The van der Waals surface area contributed by atoms with Gasteiger partial charge in [-0.1, -0.05) is 31.5 Å². The summed E-state index contributed by atoms with van der Waals surface area (Å²) in [7, 11) is 0. The van der Waals surface area contributed by atoms with Gasteiger partial charge in [0, 0.05) is 15.6 Å². The lowest BCUT2D eigenvalue weighted by atomic mass is 10.1. The molecule has 3 rings (SSSR count). The van der Waals surface area contributed by atoms with E-state index >= 15 is 0 Å². The molecule has 8 heteroatoms. The molecule has 0 saturated heterocycles. The van der Waals surface area contributed by atoms with Gasteiger partial charge in [-0.05, 0) is 45.4 Å². The highest BCUT2D eigenvalue weighted by Gasteiger charge is 2.24. The Morgan fingerprint density at radius 3 is 2.18 bits per heavy atom. The fourth-order valence-electron chi connectivity index (χ4n) is 3.41. The average molecular weight is 486 g/mol. The van der Waals surface area contributed by atoms with Gasteiger partial charge in [0.25, 0.3) is 5.91 Å². The van der Waals surface area contributed by atoms with Gasteiger partial charge in [0.15, 0.2) is 11.5 Å². The Morgan fingerprint density at radius 1 is 0.912 bits per heavy atom. The molecule has 3 aromatic rings. The number of anilines is 1. The van der Waals surface area contributed by atoms with Crippen LogP contribution in [0.2, 0.25) is 0 Å². The molecule has 0 atom stereocenters. The number of fused-ring (bicyclic) bond motifs is 1. The summed E-state index contributed by atoms with van der Waals surface area (Å²) < 4.78 is 23.5. The number of esters is 1. The van der Waals surface area contributed by atoms with E-state index in [1.54, 1.807) is 12.1 Å². The number of nitrogens with one attached hydrogen (secondary N) is 1. The number of carbonyl (C=O) groups excluding carboxylic acids is 2. The number of hydrogen-bond acceptors (Lipinski definition) is 7. The van der Waals surface area contributed by atoms with Crippen LogP contribution >= 0.6 is 11.3 Å². The van der Waals surface area contributed by atoms with E-state index in [-0.39, 0.29) is 5.91 Å². The van der Waals surface area contributed by atoms with Crippen LogP contribution in [0.1, 0.15) is 61.3 Å². The van der Waals surface area contributed by atoms with Crippen LogP contribution in [0.5, 0.6) is 17.2 Å². The summed E-state index contributed by atoms with van der Waals surface area (Å²) in [4.78, 5) is 26.2. The summed E-state index contributed by atoms with van der Waals surface area (Å²) in [6.45, 7) is 9.19. The number of unbranched alkanes of at least 4 members (excludes halogenated alkanes) is 1. The third-order valence-electron chi connectivity index (χ3n) is 4.93. The lowest BCUT2D eigenvalue weighted by Gasteiger charge is -2.17. The normalized spacial score (nSPS) is 10.7. The fourth-order valence-corrected chi connectivity index (χ4v) is 4.50. The van der Waals surface area contributed by atoms with Gasteiger partial charge in [-0.2, -0.15) is 0 Å².